The number of carbonyl (C=O) groups is 1. The first-order chi connectivity index (χ1) is 18.9. The van der Waals surface area contributed by atoms with Crippen molar-refractivity contribution in [3.05, 3.63) is 94.9 Å². The normalized spacial score (nSPS) is 15.6. The molecular formula is C28H27N5O3S3. The third-order valence-corrected chi connectivity index (χ3v) is 8.32. The number of benzene rings is 2. The molecule has 11 heteroatoms. The van der Waals surface area contributed by atoms with Crippen LogP contribution in [-0.4, -0.2) is 30.3 Å². The molecule has 0 aliphatic heterocycles. The van der Waals surface area contributed by atoms with Gasteiger partial charge in [-0.2, -0.15) is 0 Å². The van der Waals surface area contributed by atoms with Gasteiger partial charge in [0, 0.05) is 40.5 Å². The fourth-order valence-electron chi connectivity index (χ4n) is 4.22. The molecule has 4 aromatic rings. The second-order valence-electron chi connectivity index (χ2n) is 9.01. The first-order valence-corrected chi connectivity index (χ1v) is 15.3. The maximum Gasteiger partial charge on any atom is 0.221 e. The van der Waals surface area contributed by atoms with Crippen molar-refractivity contribution >= 4 is 50.3 Å². The molecule has 2 aromatic carbocycles. The molecule has 39 heavy (non-hydrogen) atoms. The van der Waals surface area contributed by atoms with E-state index in [2.05, 4.69) is 38.9 Å². The van der Waals surface area contributed by atoms with E-state index in [1.807, 2.05) is 60.0 Å². The van der Waals surface area contributed by atoms with Crippen molar-refractivity contribution < 1.29 is 13.2 Å². The molecule has 0 saturated heterocycles. The highest BCUT2D eigenvalue weighted by molar-refractivity contribution is 7.70. The van der Waals surface area contributed by atoms with Crippen LogP contribution in [0.2, 0.25) is 0 Å². The summed E-state index contributed by atoms with van der Waals surface area (Å²) < 4.78 is 24.6. The number of hydrogen-bond acceptors (Lipinski definition) is 8. The number of nitrogens with one attached hydrogen (secondary N) is 3. The van der Waals surface area contributed by atoms with E-state index in [0.717, 1.165) is 43.9 Å². The average Bonchev–Trinajstić information content (AvgIpc) is 3.60. The Labute approximate surface area is 236 Å². The zero-order chi connectivity index (χ0) is 27.2. The number of thiol groups is 1. The van der Waals surface area contributed by atoms with Gasteiger partial charge >= 0.3 is 0 Å². The topological polar surface area (TPSA) is 113 Å². The zero-order valence-electron chi connectivity index (χ0n) is 21.0. The summed E-state index contributed by atoms with van der Waals surface area (Å²) in [4.78, 5) is 21.1. The van der Waals surface area contributed by atoms with E-state index in [4.69, 9.17) is 9.97 Å². The molecule has 0 spiro atoms. The second kappa shape index (κ2) is 12.5. The van der Waals surface area contributed by atoms with E-state index in [9.17, 15) is 13.2 Å². The molecule has 1 unspecified atom stereocenters. The van der Waals surface area contributed by atoms with Crippen LogP contribution in [0.4, 0.5) is 10.8 Å². The number of allylic oxidation sites excluding steroid dienone is 1. The second-order valence-corrected chi connectivity index (χ2v) is 11.5. The van der Waals surface area contributed by atoms with E-state index in [-0.39, 0.29) is 18.0 Å². The van der Waals surface area contributed by atoms with Crippen molar-refractivity contribution in [2.75, 3.05) is 10.6 Å². The summed E-state index contributed by atoms with van der Waals surface area (Å²) in [6.45, 7) is 1.48. The predicted molar refractivity (Wildman–Crippen MR) is 159 cm³/mol. The van der Waals surface area contributed by atoms with E-state index in [1.165, 1.54) is 18.3 Å². The van der Waals surface area contributed by atoms with Crippen molar-refractivity contribution in [2.24, 2.45) is 0 Å². The smallest absolute Gasteiger partial charge is 0.221 e. The lowest BCUT2D eigenvalue weighted by Gasteiger charge is -2.20. The number of carbonyl (C=O) groups excluding carboxylic acids is 1. The maximum absolute atomic E-state index is 11.3. The van der Waals surface area contributed by atoms with Gasteiger partial charge in [0.1, 0.15) is 5.01 Å². The Morgan fingerprint density at radius 1 is 1.03 bits per heavy atom. The number of hydrogen-bond donors (Lipinski definition) is 4. The Balaban J connectivity index is 1.36. The van der Waals surface area contributed by atoms with Gasteiger partial charge in [-0.1, -0.05) is 60.7 Å². The Kier molecular flexibility index (Phi) is 8.62. The van der Waals surface area contributed by atoms with Crippen LogP contribution >= 0.6 is 22.7 Å². The molecule has 8 nitrogen and oxygen atoms in total. The number of aromatic nitrogens is 2. The monoisotopic (exact) mass is 577 g/mol. The van der Waals surface area contributed by atoms with Crippen LogP contribution < -0.4 is 15.4 Å². The van der Waals surface area contributed by atoms with Crippen molar-refractivity contribution in [2.45, 2.75) is 31.8 Å². The number of amides is 1. The Bertz CT molecular complexity index is 1570. The van der Waals surface area contributed by atoms with Gasteiger partial charge in [-0.25, -0.2) is 23.1 Å². The third-order valence-electron chi connectivity index (χ3n) is 6.09. The quantitative estimate of drug-likeness (QED) is 0.177. The van der Waals surface area contributed by atoms with Crippen molar-refractivity contribution in [3.8, 4) is 21.8 Å². The molecule has 1 aliphatic rings. The number of rotatable bonds is 10. The fourth-order valence-corrected chi connectivity index (χ4v) is 6.34. The Morgan fingerprint density at radius 2 is 1.82 bits per heavy atom. The highest BCUT2D eigenvalue weighted by atomic mass is 32.2. The van der Waals surface area contributed by atoms with Gasteiger partial charge in [0.25, 0.3) is 0 Å². The molecule has 2 aromatic heterocycles. The minimum Gasteiger partial charge on any atom is -0.353 e. The standard InChI is InChI=1S/C28H27N5O3S3/c1-18(34)29-22-13-9-20(10-14-22)25-16-38-28(32-25)31-24(15-19-7-11-23(12-8-19)33-39(35)36)26-17-37-27(30-26)21-5-3-2-4-6-21/h2-11,13-14,16-17,23-24,39H,12,15H2,1H3,(H,29,34)(H,31,32)(H,33,35,36)/t23?,24-/m0/s1. The van der Waals surface area contributed by atoms with Crippen LogP contribution in [0.3, 0.4) is 0 Å². The van der Waals surface area contributed by atoms with Crippen molar-refractivity contribution in [1.29, 1.82) is 0 Å². The first kappa shape index (κ1) is 26.9. The van der Waals surface area contributed by atoms with Gasteiger partial charge in [-0.15, -0.1) is 22.7 Å². The van der Waals surface area contributed by atoms with Crippen LogP contribution in [0.1, 0.15) is 31.5 Å². The first-order valence-electron chi connectivity index (χ1n) is 12.3. The highest BCUT2D eigenvalue weighted by Gasteiger charge is 2.20. The Morgan fingerprint density at radius 3 is 2.51 bits per heavy atom. The molecule has 0 bridgehead atoms. The Hall–Kier alpha value is -3.64. The summed E-state index contributed by atoms with van der Waals surface area (Å²) in [6, 6.07) is 17.3. The highest BCUT2D eigenvalue weighted by Crippen LogP contribution is 2.34. The number of thiazole rings is 2. The predicted octanol–water partition coefficient (Wildman–Crippen LogP) is 5.81. The molecule has 0 fully saturated rings. The molecule has 3 N–H and O–H groups in total. The molecule has 1 aliphatic carbocycles. The van der Waals surface area contributed by atoms with E-state index in [0.29, 0.717) is 12.8 Å². The molecule has 0 radical (unpaired) electrons. The number of nitrogens with zero attached hydrogens (tertiary/aromatic N) is 2. The summed E-state index contributed by atoms with van der Waals surface area (Å²) in [5.41, 5.74) is 5.64. The summed E-state index contributed by atoms with van der Waals surface area (Å²) in [6.07, 6.45) is 7.21. The van der Waals surface area contributed by atoms with Gasteiger partial charge in [0.05, 0.1) is 17.4 Å². The minimum atomic E-state index is -2.64. The van der Waals surface area contributed by atoms with Gasteiger partial charge in [0.15, 0.2) is 5.13 Å². The largest absolute Gasteiger partial charge is 0.353 e. The average molecular weight is 578 g/mol. The van der Waals surface area contributed by atoms with E-state index < -0.39 is 10.9 Å². The van der Waals surface area contributed by atoms with Crippen LogP contribution in [-0.2, 0) is 15.7 Å². The lowest BCUT2D eigenvalue weighted by atomic mass is 9.97. The summed E-state index contributed by atoms with van der Waals surface area (Å²) in [7, 11) is -2.64. The zero-order valence-corrected chi connectivity index (χ0v) is 23.6. The molecule has 5 rings (SSSR count). The molecule has 2 heterocycles. The maximum atomic E-state index is 11.3. The van der Waals surface area contributed by atoms with Gasteiger partial charge in [0.2, 0.25) is 16.8 Å². The summed E-state index contributed by atoms with van der Waals surface area (Å²) >= 11 is 3.13. The van der Waals surface area contributed by atoms with Crippen LogP contribution in [0.5, 0.6) is 0 Å². The van der Waals surface area contributed by atoms with Crippen LogP contribution in [0.15, 0.2) is 89.2 Å². The number of anilines is 2. The van der Waals surface area contributed by atoms with E-state index >= 15 is 0 Å². The molecule has 2 atom stereocenters. The molecule has 0 saturated carbocycles. The SMILES string of the molecule is CC(=O)Nc1ccc(-c2csc(N[C@@H](CC3=CCC(N[SH](=O)=O)C=C3)c3csc(-c4ccccc4)n3)n2)cc1. The molecule has 200 valence electrons. The molecular weight excluding hydrogens is 551 g/mol. The van der Waals surface area contributed by atoms with Crippen molar-refractivity contribution in [3.63, 3.8) is 0 Å². The lowest BCUT2D eigenvalue weighted by molar-refractivity contribution is -0.114. The minimum absolute atomic E-state index is 0.109. The summed E-state index contributed by atoms with van der Waals surface area (Å²) in [5.74, 6) is -0.109. The van der Waals surface area contributed by atoms with Gasteiger partial charge < -0.3 is 10.6 Å². The summed E-state index contributed by atoms with van der Waals surface area (Å²) in [5, 5.41) is 12.2. The molecule has 1 amide bonds. The van der Waals surface area contributed by atoms with E-state index in [1.54, 1.807) is 11.3 Å². The third kappa shape index (κ3) is 7.27. The van der Waals surface area contributed by atoms with Crippen LogP contribution in [0.25, 0.3) is 21.8 Å². The fraction of sp³-hybridized carbons (Fsp3) is 0.179. The van der Waals surface area contributed by atoms with Crippen LogP contribution in [0, 0.1) is 0 Å². The van der Waals surface area contributed by atoms with Gasteiger partial charge in [-0.3, -0.25) is 4.79 Å². The van der Waals surface area contributed by atoms with Gasteiger partial charge in [-0.05, 0) is 30.5 Å². The van der Waals surface area contributed by atoms with Crippen molar-refractivity contribution in [1.82, 2.24) is 14.7 Å². The lowest BCUT2D eigenvalue weighted by Crippen LogP contribution is -2.26.